The van der Waals surface area contributed by atoms with E-state index >= 15 is 0 Å². The first-order valence-electron chi connectivity index (χ1n) is 4.29. The van der Waals surface area contributed by atoms with Gasteiger partial charge in [0.15, 0.2) is 0 Å². The summed E-state index contributed by atoms with van der Waals surface area (Å²) in [5.41, 5.74) is -0.644. The summed E-state index contributed by atoms with van der Waals surface area (Å²) < 4.78 is 55.1. The normalized spacial score (nSPS) is 8.73. The van der Waals surface area contributed by atoms with Gasteiger partial charge in [-0.2, -0.15) is 0 Å². The van der Waals surface area contributed by atoms with Gasteiger partial charge in [-0.15, -0.1) is 17.6 Å². The molecule has 22 heavy (non-hydrogen) atoms. The van der Waals surface area contributed by atoms with E-state index in [0.717, 1.165) is 0 Å². The van der Waals surface area contributed by atoms with Gasteiger partial charge in [0.25, 0.3) is 0 Å². The molecule has 0 spiro atoms. The third-order valence-electron chi connectivity index (χ3n) is 1.44. The van der Waals surface area contributed by atoms with Crippen LogP contribution in [0.4, 0.5) is 22.0 Å². The Morgan fingerprint density at radius 3 is 1.27 bits per heavy atom. The van der Waals surface area contributed by atoms with Crippen LogP contribution in [0.1, 0.15) is 51.5 Å². The largest absolute Gasteiger partial charge is 0.559 e. The lowest BCUT2D eigenvalue weighted by atomic mass is 9.95. The number of alkyl halides is 5. The molecule has 148 valence electrons. The highest BCUT2D eigenvalue weighted by Gasteiger charge is 2.24. The lowest BCUT2D eigenvalue weighted by Gasteiger charge is -2.23. The van der Waals surface area contributed by atoms with Crippen LogP contribution in [-0.4, -0.2) is 49.7 Å². The number of aliphatic hydroxyl groups is 2. The van der Waals surface area contributed by atoms with Crippen LogP contribution in [0.5, 0.6) is 0 Å². The Kier molecular flexibility index (Phi) is 57.4. The maximum atomic E-state index is 11.5. The molecule has 0 atom stereocenters. The second-order valence-corrected chi connectivity index (χ2v) is 3.30. The second-order valence-electron chi connectivity index (χ2n) is 3.30. The van der Waals surface area contributed by atoms with Crippen LogP contribution in [0, 0.1) is 5.41 Å². The second kappa shape index (κ2) is 25.5. The molecule has 0 radical (unpaired) electrons. The lowest BCUT2D eigenvalue weighted by molar-refractivity contribution is -0.237. The molecule has 0 amide bonds. The van der Waals surface area contributed by atoms with Gasteiger partial charge >= 0.3 is 6.43 Å². The third kappa shape index (κ3) is 50.4. The highest BCUT2D eigenvalue weighted by molar-refractivity contribution is 4.70. The van der Waals surface area contributed by atoms with Crippen molar-refractivity contribution in [2.45, 2.75) is 57.9 Å². The fourth-order valence-electron chi connectivity index (χ4n) is 0.514. The van der Waals surface area contributed by atoms with Crippen molar-refractivity contribution in [2.75, 3.05) is 33.1 Å². The highest BCUT2D eigenvalue weighted by Crippen LogP contribution is 2.14. The topological polar surface area (TPSA) is 49.7 Å². The fourth-order valence-corrected chi connectivity index (χ4v) is 0.514. The Balaban J connectivity index is -0.0000000267. The molecule has 0 aliphatic rings. The molecule has 0 fully saturated rings. The monoisotopic (exact) mass is 350 g/mol. The highest BCUT2D eigenvalue weighted by atomic mass is 19.5. The Bertz CT molecular complexity index is 157. The van der Waals surface area contributed by atoms with E-state index in [0.29, 0.717) is 0 Å². The van der Waals surface area contributed by atoms with E-state index in [9.17, 15) is 22.0 Å². The van der Waals surface area contributed by atoms with Crippen molar-refractivity contribution < 1.29 is 36.9 Å². The SMILES string of the molecule is C.C.C.C.C.C.CC(CO)(CO)COCCF.FC(F)(F)F. The number of hydrogen-bond acceptors (Lipinski definition) is 3. The van der Waals surface area contributed by atoms with Crippen molar-refractivity contribution in [2.24, 2.45) is 5.41 Å². The van der Waals surface area contributed by atoms with E-state index < -0.39 is 18.5 Å². The molecule has 0 rings (SSSR count). The van der Waals surface area contributed by atoms with Crippen LogP contribution >= 0.6 is 0 Å². The third-order valence-corrected chi connectivity index (χ3v) is 1.44. The van der Waals surface area contributed by atoms with Gasteiger partial charge in [-0.1, -0.05) is 51.5 Å². The maximum absolute atomic E-state index is 11.5. The van der Waals surface area contributed by atoms with Crippen molar-refractivity contribution in [3.05, 3.63) is 0 Å². The van der Waals surface area contributed by atoms with Crippen LogP contribution < -0.4 is 0 Å². The lowest BCUT2D eigenvalue weighted by Crippen LogP contribution is -2.31. The molecule has 0 aromatic heterocycles. The minimum Gasteiger partial charge on any atom is -0.396 e. The minimum absolute atomic E-state index is 0. The summed E-state index contributed by atoms with van der Waals surface area (Å²) in [6, 6.07) is 0. The molecule has 0 saturated heterocycles. The molecule has 2 N–H and O–H groups in total. The minimum atomic E-state index is -5.50. The standard InChI is InChI=1S/C7H15FO3.CF4.6CH4/c1-7(4-9,5-10)6-11-3-2-8;2-1(3,4)5;;;;;;/h9-10H,2-6H2,1H3;;6*1H4. The van der Waals surface area contributed by atoms with E-state index in [2.05, 4.69) is 0 Å². The van der Waals surface area contributed by atoms with Gasteiger partial charge in [0.2, 0.25) is 0 Å². The van der Waals surface area contributed by atoms with Crippen molar-refractivity contribution in [3.8, 4) is 0 Å². The van der Waals surface area contributed by atoms with Crippen LogP contribution in [0.2, 0.25) is 0 Å². The number of ether oxygens (including phenoxy) is 1. The van der Waals surface area contributed by atoms with Crippen LogP contribution in [0.3, 0.4) is 0 Å². The summed E-state index contributed by atoms with van der Waals surface area (Å²) in [6.45, 7) is 1.03. The van der Waals surface area contributed by atoms with E-state index in [-0.39, 0.29) is 71.0 Å². The predicted octanol–water partition coefficient (Wildman–Crippen LogP) is 5.26. The molecule has 0 heterocycles. The first-order chi connectivity index (χ1) is 7.18. The summed E-state index contributed by atoms with van der Waals surface area (Å²) in [4.78, 5) is 0. The van der Waals surface area contributed by atoms with Gasteiger partial charge in [-0.05, 0) is 0 Å². The summed E-state index contributed by atoms with van der Waals surface area (Å²) in [7, 11) is 0. The smallest absolute Gasteiger partial charge is 0.396 e. The van der Waals surface area contributed by atoms with Crippen molar-refractivity contribution in [1.29, 1.82) is 0 Å². The Morgan fingerprint density at radius 2 is 1.09 bits per heavy atom. The Morgan fingerprint density at radius 1 is 0.818 bits per heavy atom. The Hall–Kier alpha value is -0.470. The molecule has 3 nitrogen and oxygen atoms in total. The Labute approximate surface area is 134 Å². The van der Waals surface area contributed by atoms with E-state index in [4.69, 9.17) is 14.9 Å². The molecule has 0 aromatic rings. The number of rotatable bonds is 6. The maximum Gasteiger partial charge on any atom is 0.559 e. The van der Waals surface area contributed by atoms with Gasteiger partial charge in [0.05, 0.1) is 26.4 Å². The molecular formula is C14H39F5O3. The fraction of sp³-hybridized carbons (Fsp3) is 1.00. The molecule has 0 saturated carbocycles. The van der Waals surface area contributed by atoms with Crippen molar-refractivity contribution >= 4 is 0 Å². The molecule has 0 aliphatic heterocycles. The summed E-state index contributed by atoms with van der Waals surface area (Å²) in [6.07, 6.45) is -5.50. The first-order valence-corrected chi connectivity index (χ1v) is 4.29. The van der Waals surface area contributed by atoms with E-state index in [1.54, 1.807) is 6.92 Å². The van der Waals surface area contributed by atoms with Crippen LogP contribution in [-0.2, 0) is 4.74 Å². The van der Waals surface area contributed by atoms with Gasteiger partial charge in [0.1, 0.15) is 6.67 Å². The zero-order valence-electron chi connectivity index (χ0n) is 8.73. The van der Waals surface area contributed by atoms with Crippen LogP contribution in [0.25, 0.3) is 0 Å². The van der Waals surface area contributed by atoms with E-state index in [1.165, 1.54) is 0 Å². The average Bonchev–Trinajstić information content (AvgIpc) is 2.15. The number of halogens is 5. The van der Waals surface area contributed by atoms with Gasteiger partial charge in [-0.25, -0.2) is 4.39 Å². The van der Waals surface area contributed by atoms with Gasteiger partial charge in [-0.3, -0.25) is 0 Å². The van der Waals surface area contributed by atoms with Crippen molar-refractivity contribution in [1.82, 2.24) is 0 Å². The average molecular weight is 350 g/mol. The predicted molar refractivity (Wildman–Crippen MR) is 86.6 cm³/mol. The summed E-state index contributed by atoms with van der Waals surface area (Å²) in [5, 5.41) is 17.5. The molecular weight excluding hydrogens is 311 g/mol. The van der Waals surface area contributed by atoms with E-state index in [1.807, 2.05) is 0 Å². The zero-order chi connectivity index (χ0) is 13.2. The van der Waals surface area contributed by atoms with Crippen LogP contribution in [0.15, 0.2) is 0 Å². The number of hydrogen-bond donors (Lipinski definition) is 2. The quantitative estimate of drug-likeness (QED) is 0.508. The first kappa shape index (κ1) is 49.6. The zero-order valence-corrected chi connectivity index (χ0v) is 8.73. The summed E-state index contributed by atoms with van der Waals surface area (Å²) in [5.74, 6) is 0. The van der Waals surface area contributed by atoms with Gasteiger partial charge < -0.3 is 14.9 Å². The molecule has 8 heteroatoms. The molecule has 0 aromatic carbocycles. The number of aliphatic hydroxyl groups excluding tert-OH is 2. The van der Waals surface area contributed by atoms with Gasteiger partial charge in [0, 0.05) is 5.41 Å². The van der Waals surface area contributed by atoms with Crippen molar-refractivity contribution in [3.63, 3.8) is 0 Å². The molecule has 0 unspecified atom stereocenters. The molecule has 0 aliphatic carbocycles. The summed E-state index contributed by atoms with van der Waals surface area (Å²) >= 11 is 0. The molecule has 0 bridgehead atoms.